The third-order valence-electron chi connectivity index (χ3n) is 8.25. The highest BCUT2D eigenvalue weighted by molar-refractivity contribution is 7.99. The van der Waals surface area contributed by atoms with Crippen LogP contribution in [0, 0.1) is 11.8 Å². The van der Waals surface area contributed by atoms with E-state index < -0.39 is 42.7 Å². The maximum atomic E-state index is 12.6. The van der Waals surface area contributed by atoms with E-state index in [4.69, 9.17) is 14.0 Å². The van der Waals surface area contributed by atoms with Crippen molar-refractivity contribution in [3.63, 3.8) is 0 Å². The van der Waals surface area contributed by atoms with Crippen LogP contribution in [0.25, 0.3) is 0 Å². The van der Waals surface area contributed by atoms with Gasteiger partial charge in [-0.1, -0.05) is 110 Å². The summed E-state index contributed by atoms with van der Waals surface area (Å²) < 4.78 is 19.4. The van der Waals surface area contributed by atoms with Gasteiger partial charge in [-0.05, 0) is 55.6 Å². The lowest BCUT2D eigenvalue weighted by Gasteiger charge is -2.43. The van der Waals surface area contributed by atoms with E-state index in [-0.39, 0.29) is 0 Å². The van der Waals surface area contributed by atoms with Gasteiger partial charge in [-0.25, -0.2) is 0 Å². The summed E-state index contributed by atoms with van der Waals surface area (Å²) in [7, 11) is 0. The van der Waals surface area contributed by atoms with E-state index in [1.54, 1.807) is 0 Å². The molecule has 0 saturated carbocycles. The molecule has 1 atom stereocenters. The maximum absolute atomic E-state index is 12.6. The Kier molecular flexibility index (Phi) is 20.3. The highest BCUT2D eigenvalue weighted by Gasteiger charge is 2.63. The fourth-order valence-corrected chi connectivity index (χ4v) is 7.10. The lowest BCUT2D eigenvalue weighted by atomic mass is 9.90. The molecule has 0 amide bonds. The van der Waals surface area contributed by atoms with E-state index in [1.807, 2.05) is 11.8 Å². The first-order valence-electron chi connectivity index (χ1n) is 17.1. The number of hydrogen-bond acceptors (Lipinski definition) is 9. The molecule has 1 N–H and O–H groups in total. The lowest BCUT2D eigenvalue weighted by molar-refractivity contribution is -0.201. The zero-order chi connectivity index (χ0) is 31.2. The molecule has 2 saturated heterocycles. The van der Waals surface area contributed by atoms with Crippen molar-refractivity contribution < 1.29 is 37.8 Å². The number of thioether (sulfide) groups is 2. The molecule has 2 aliphatic rings. The number of carbonyl (C=O) groups is 4. The largest absolute Gasteiger partial charge is 0.865 e. The van der Waals surface area contributed by atoms with Gasteiger partial charge in [-0.15, -0.1) is 0 Å². The Bertz CT molecular complexity index is 789. The van der Waals surface area contributed by atoms with E-state index in [2.05, 4.69) is 29.6 Å². The van der Waals surface area contributed by atoms with Gasteiger partial charge < -0.3 is 18.6 Å². The lowest BCUT2D eigenvalue weighted by Crippen LogP contribution is -2.66. The number of carbonyl (C=O) groups excluding carboxylic acids is 3. The summed E-state index contributed by atoms with van der Waals surface area (Å²) in [4.78, 5) is 50.4. The van der Waals surface area contributed by atoms with Crippen LogP contribution in [-0.4, -0.2) is 59.0 Å². The monoisotopic (exact) mass is 644 g/mol. The van der Waals surface area contributed by atoms with E-state index >= 15 is 0 Å². The average Bonchev–Trinajstić information content (AvgIpc) is 2.96. The Balaban J connectivity index is 1.53. The van der Waals surface area contributed by atoms with Crippen LogP contribution in [0.3, 0.4) is 0 Å². The third kappa shape index (κ3) is 15.5. The fraction of sp³-hybridized carbons (Fsp3) is 0.875. The van der Waals surface area contributed by atoms with Crippen LogP contribution < -0.4 is 0 Å². The van der Waals surface area contributed by atoms with Gasteiger partial charge in [0.25, 0.3) is 17.9 Å². The molecule has 2 heterocycles. The van der Waals surface area contributed by atoms with Gasteiger partial charge in [-0.2, -0.15) is 23.5 Å². The molecule has 1 spiro atoms. The van der Waals surface area contributed by atoms with Crippen LogP contribution in [0.5, 0.6) is 0 Å². The second-order valence-corrected chi connectivity index (χ2v) is 14.2. The van der Waals surface area contributed by atoms with E-state index in [0.717, 1.165) is 38.5 Å². The highest BCUT2D eigenvalue weighted by atomic mass is 32.2. The zero-order valence-electron chi connectivity index (χ0n) is 26.8. The number of hydrogen-bond donors (Lipinski definition) is 0. The molecule has 248 valence electrons. The molecule has 2 rings (SSSR count). The first kappa shape index (κ1) is 37.8. The Labute approximate surface area is 268 Å². The molecule has 43 heavy (non-hydrogen) atoms. The van der Waals surface area contributed by atoms with Crippen molar-refractivity contribution in [1.29, 1.82) is 0 Å². The minimum Gasteiger partial charge on any atom is -0.669 e. The minimum atomic E-state index is -3.38. The Morgan fingerprint density at radius 2 is 0.953 bits per heavy atom. The van der Waals surface area contributed by atoms with Crippen LogP contribution in [0.2, 0.25) is 0 Å². The Hall–Kier alpha value is -1.36. The van der Waals surface area contributed by atoms with Crippen molar-refractivity contribution in [3.05, 3.63) is 0 Å². The van der Waals surface area contributed by atoms with E-state index in [0.29, 0.717) is 25.7 Å². The Morgan fingerprint density at radius 3 is 1.42 bits per heavy atom. The molecule has 0 aromatic rings. The second kappa shape index (κ2) is 23.0. The minimum absolute atomic E-state index is 0.306. The molecule has 0 aromatic carbocycles. The summed E-state index contributed by atoms with van der Waals surface area (Å²) in [5.74, 6) is -1.55. The molecule has 0 aromatic heterocycles. The Morgan fingerprint density at radius 1 is 0.558 bits per heavy atom. The predicted octanol–water partition coefficient (Wildman–Crippen LogP) is 7.67. The summed E-state index contributed by atoms with van der Waals surface area (Å²) in [5, 5.41) is 0. The average molecular weight is 645 g/mol. The van der Waals surface area contributed by atoms with Gasteiger partial charge in [0.2, 0.25) is 5.92 Å². The van der Waals surface area contributed by atoms with Crippen LogP contribution >= 0.6 is 23.5 Å². The quantitative estimate of drug-likeness (QED) is 0.0405. The van der Waals surface area contributed by atoms with Crippen molar-refractivity contribution in [2.75, 3.05) is 23.5 Å². The first-order valence-corrected chi connectivity index (χ1v) is 19.6. The standard InChI is InChI=1S/C32H57BO8S2/c1-3-4-5-6-7-9-12-17-22-27-29(34)38-33(39-30(27)35)40-31(36)28(32(37)41-33)23-18-13-10-8-11-14-20-25-43-26-21-16-15-19-24-42-2/h27-28,38H,3-26H2,1-2H3. The summed E-state index contributed by atoms with van der Waals surface area (Å²) >= 11 is 4.01. The van der Waals surface area contributed by atoms with Crippen molar-refractivity contribution in [2.24, 2.45) is 11.8 Å². The fourth-order valence-electron chi connectivity index (χ4n) is 5.58. The highest BCUT2D eigenvalue weighted by Crippen LogP contribution is 2.30. The molecular formula is C32H57BO8S2. The van der Waals surface area contributed by atoms with Crippen LogP contribution in [0.1, 0.15) is 142 Å². The molecule has 1 unspecified atom stereocenters. The first-order chi connectivity index (χ1) is 20.9. The van der Waals surface area contributed by atoms with Crippen LogP contribution in [0.4, 0.5) is 0 Å². The van der Waals surface area contributed by atoms with Crippen molar-refractivity contribution in [2.45, 2.75) is 142 Å². The van der Waals surface area contributed by atoms with Gasteiger partial charge >= 0.3 is 12.9 Å². The molecule has 2 aliphatic heterocycles. The van der Waals surface area contributed by atoms with Crippen LogP contribution in [-0.2, 0) is 33.1 Å². The maximum Gasteiger partial charge on any atom is 0.865 e. The summed E-state index contributed by atoms with van der Waals surface area (Å²) in [6, 6.07) is 0. The second-order valence-electron chi connectivity index (χ2n) is 12.0. The van der Waals surface area contributed by atoms with Crippen molar-refractivity contribution in [3.8, 4) is 0 Å². The van der Waals surface area contributed by atoms with E-state index in [1.165, 1.54) is 87.9 Å². The smallest absolute Gasteiger partial charge is 0.669 e. The predicted molar refractivity (Wildman–Crippen MR) is 177 cm³/mol. The van der Waals surface area contributed by atoms with Crippen molar-refractivity contribution in [1.82, 2.24) is 0 Å². The van der Waals surface area contributed by atoms with Crippen LogP contribution in [0.15, 0.2) is 0 Å². The van der Waals surface area contributed by atoms with E-state index in [9.17, 15) is 19.2 Å². The molecule has 2 fully saturated rings. The summed E-state index contributed by atoms with van der Waals surface area (Å²) in [6.45, 7) is -1.20. The summed E-state index contributed by atoms with van der Waals surface area (Å²) in [6.07, 6.45) is 24.4. The van der Waals surface area contributed by atoms with Crippen molar-refractivity contribution >= 4 is 54.4 Å². The zero-order valence-corrected chi connectivity index (χ0v) is 28.5. The number of carboxylic acids is 1. The van der Waals surface area contributed by atoms with Gasteiger partial charge in [0.15, 0.2) is 0 Å². The van der Waals surface area contributed by atoms with Gasteiger partial charge in [-0.3, -0.25) is 14.4 Å². The SMILES string of the molecule is CCCCCCCCCCC1C(=O)O[B-]2(OC(=O)C(CCCCCCCCCSCCCCCCSC)C(=O)O2)[OH+]C1=O. The molecule has 11 heteroatoms. The molecule has 0 aliphatic carbocycles. The summed E-state index contributed by atoms with van der Waals surface area (Å²) in [5.41, 5.74) is 0. The molecule has 8 nitrogen and oxygen atoms in total. The third-order valence-corrected chi connectivity index (χ3v) is 10.1. The number of aliphatic carboxylic acids is 1. The molecular weight excluding hydrogens is 587 g/mol. The normalized spacial score (nSPS) is 21.9. The topological polar surface area (TPSA) is 109 Å². The van der Waals surface area contributed by atoms with Gasteiger partial charge in [0.1, 0.15) is 5.92 Å². The van der Waals surface area contributed by atoms with Gasteiger partial charge in [0, 0.05) is 4.79 Å². The number of rotatable bonds is 26. The molecule has 0 bridgehead atoms. The molecule has 0 radical (unpaired) electrons. The number of unbranched alkanes of at least 4 members (excludes halogenated alkanes) is 16. The van der Waals surface area contributed by atoms with Gasteiger partial charge in [0.05, 0.1) is 0 Å².